The number of amides is 1. The van der Waals surface area contributed by atoms with Gasteiger partial charge in [0.15, 0.2) is 5.13 Å². The van der Waals surface area contributed by atoms with Gasteiger partial charge in [-0.25, -0.2) is 9.97 Å². The first kappa shape index (κ1) is 17.6. The molecular weight excluding hydrogens is 380 g/mol. The lowest BCUT2D eigenvalue weighted by atomic mass is 10.2. The molecule has 1 amide bonds. The number of rotatable bonds is 6. The second kappa shape index (κ2) is 7.81. The first-order chi connectivity index (χ1) is 13.2. The predicted octanol–water partition coefficient (Wildman–Crippen LogP) is 4.00. The highest BCUT2D eigenvalue weighted by Gasteiger charge is 2.09. The van der Waals surface area contributed by atoms with Crippen LogP contribution in [0.3, 0.4) is 0 Å². The Labute approximate surface area is 163 Å². The number of para-hydroxylation sites is 1. The molecule has 0 bridgehead atoms. The first-order valence-corrected chi connectivity index (χ1v) is 10.2. The van der Waals surface area contributed by atoms with Crippen LogP contribution in [0.4, 0.5) is 5.13 Å². The Morgan fingerprint density at radius 3 is 2.89 bits per heavy atom. The lowest BCUT2D eigenvalue weighted by molar-refractivity contribution is -0.116. The van der Waals surface area contributed by atoms with Gasteiger partial charge in [0, 0.05) is 18.3 Å². The fourth-order valence-corrected chi connectivity index (χ4v) is 4.21. The zero-order valence-corrected chi connectivity index (χ0v) is 15.9. The predicted molar refractivity (Wildman–Crippen MR) is 109 cm³/mol. The van der Waals surface area contributed by atoms with Crippen LogP contribution in [0, 0.1) is 0 Å². The van der Waals surface area contributed by atoms with Crippen molar-refractivity contribution in [3.63, 3.8) is 0 Å². The fraction of sp³-hybridized carbons (Fsp3) is 0.158. The number of nitrogens with zero attached hydrogens (tertiary/aromatic N) is 3. The highest BCUT2D eigenvalue weighted by atomic mass is 32.1. The first-order valence-electron chi connectivity index (χ1n) is 8.44. The van der Waals surface area contributed by atoms with E-state index >= 15 is 0 Å². The summed E-state index contributed by atoms with van der Waals surface area (Å²) in [6.45, 7) is 0.447. The quantitative estimate of drug-likeness (QED) is 0.534. The van der Waals surface area contributed by atoms with Crippen molar-refractivity contribution in [1.82, 2.24) is 14.5 Å². The molecule has 8 heteroatoms. The maximum Gasteiger partial charge on any atom is 0.261 e. The second-order valence-corrected chi connectivity index (χ2v) is 7.73. The number of hydrogen-bond acceptors (Lipinski definition) is 6. The van der Waals surface area contributed by atoms with E-state index in [-0.39, 0.29) is 11.5 Å². The molecule has 0 unspecified atom stereocenters. The van der Waals surface area contributed by atoms with Crippen molar-refractivity contribution >= 4 is 44.6 Å². The minimum Gasteiger partial charge on any atom is -0.302 e. The standard InChI is InChI=1S/C19H16N4O2S2/c24-17(22-19-21-15(11-27-19)16-7-4-10-26-16)8-3-9-23-12-20-14-6-2-1-5-13(14)18(23)25/h1-2,4-7,10-12H,3,8-9H2,(H,21,22,24). The molecule has 0 aliphatic heterocycles. The molecule has 0 spiro atoms. The molecule has 0 saturated carbocycles. The summed E-state index contributed by atoms with van der Waals surface area (Å²) in [7, 11) is 0. The average molecular weight is 396 g/mol. The minimum atomic E-state index is -0.108. The van der Waals surface area contributed by atoms with E-state index in [9.17, 15) is 9.59 Å². The topological polar surface area (TPSA) is 76.9 Å². The number of hydrogen-bond donors (Lipinski definition) is 1. The third-order valence-electron chi connectivity index (χ3n) is 4.06. The van der Waals surface area contributed by atoms with Crippen LogP contribution < -0.4 is 10.9 Å². The van der Waals surface area contributed by atoms with E-state index < -0.39 is 0 Å². The van der Waals surface area contributed by atoms with Crippen molar-refractivity contribution in [2.24, 2.45) is 0 Å². The number of thiazole rings is 1. The fourth-order valence-electron chi connectivity index (χ4n) is 2.73. The zero-order valence-electron chi connectivity index (χ0n) is 14.3. The molecule has 0 aliphatic rings. The van der Waals surface area contributed by atoms with Gasteiger partial charge in [0.2, 0.25) is 5.91 Å². The molecule has 0 atom stereocenters. The number of thiophene rings is 1. The molecule has 1 N–H and O–H groups in total. The van der Waals surface area contributed by atoms with Crippen LogP contribution in [0.25, 0.3) is 21.5 Å². The van der Waals surface area contributed by atoms with Gasteiger partial charge >= 0.3 is 0 Å². The van der Waals surface area contributed by atoms with Crippen molar-refractivity contribution in [2.45, 2.75) is 19.4 Å². The summed E-state index contributed by atoms with van der Waals surface area (Å²) in [6.07, 6.45) is 2.40. The molecule has 6 nitrogen and oxygen atoms in total. The molecule has 3 heterocycles. The highest BCUT2D eigenvalue weighted by Crippen LogP contribution is 2.28. The summed E-state index contributed by atoms with van der Waals surface area (Å²) >= 11 is 3.02. The maximum absolute atomic E-state index is 12.4. The van der Waals surface area contributed by atoms with Crippen LogP contribution in [-0.4, -0.2) is 20.4 Å². The van der Waals surface area contributed by atoms with Crippen LogP contribution >= 0.6 is 22.7 Å². The van der Waals surface area contributed by atoms with Crippen LogP contribution in [0.2, 0.25) is 0 Å². The Balaban J connectivity index is 1.34. The summed E-state index contributed by atoms with van der Waals surface area (Å²) < 4.78 is 1.55. The lowest BCUT2D eigenvalue weighted by Crippen LogP contribution is -2.21. The SMILES string of the molecule is O=C(CCCn1cnc2ccccc2c1=O)Nc1nc(-c2cccs2)cs1. The van der Waals surface area contributed by atoms with Gasteiger partial charge in [0.1, 0.15) is 0 Å². The van der Waals surface area contributed by atoms with Crippen molar-refractivity contribution in [2.75, 3.05) is 5.32 Å². The number of carbonyl (C=O) groups excluding carboxylic acids is 1. The molecule has 4 rings (SSSR count). The Morgan fingerprint density at radius 1 is 1.15 bits per heavy atom. The van der Waals surface area contributed by atoms with E-state index in [2.05, 4.69) is 15.3 Å². The number of aromatic nitrogens is 3. The Morgan fingerprint density at radius 2 is 2.04 bits per heavy atom. The molecule has 0 saturated heterocycles. The van der Waals surface area contributed by atoms with Crippen molar-refractivity contribution in [3.8, 4) is 10.6 Å². The Hall–Kier alpha value is -2.84. The molecule has 0 aliphatic carbocycles. The Kier molecular flexibility index (Phi) is 5.08. The van der Waals surface area contributed by atoms with Gasteiger partial charge in [0.05, 0.1) is 27.8 Å². The molecule has 1 aromatic carbocycles. The van der Waals surface area contributed by atoms with Crippen molar-refractivity contribution in [3.05, 3.63) is 63.8 Å². The summed E-state index contributed by atoms with van der Waals surface area (Å²) in [4.78, 5) is 34.4. The summed E-state index contributed by atoms with van der Waals surface area (Å²) in [5.74, 6) is -0.108. The van der Waals surface area contributed by atoms with Crippen LogP contribution in [0.1, 0.15) is 12.8 Å². The number of benzene rings is 1. The van der Waals surface area contributed by atoms with Gasteiger partial charge in [-0.3, -0.25) is 14.2 Å². The number of carbonyl (C=O) groups is 1. The lowest BCUT2D eigenvalue weighted by Gasteiger charge is -2.06. The van der Waals surface area contributed by atoms with Gasteiger partial charge in [-0.05, 0) is 30.0 Å². The molecule has 3 aromatic heterocycles. The van der Waals surface area contributed by atoms with Gasteiger partial charge in [0.25, 0.3) is 5.56 Å². The van der Waals surface area contributed by atoms with Crippen molar-refractivity contribution < 1.29 is 4.79 Å². The number of aryl methyl sites for hydroxylation is 1. The summed E-state index contributed by atoms with van der Waals surface area (Å²) in [6, 6.07) is 11.2. The monoisotopic (exact) mass is 396 g/mol. The largest absolute Gasteiger partial charge is 0.302 e. The third kappa shape index (κ3) is 3.96. The second-order valence-electron chi connectivity index (χ2n) is 5.93. The van der Waals surface area contributed by atoms with E-state index in [1.54, 1.807) is 22.0 Å². The number of nitrogens with one attached hydrogen (secondary N) is 1. The minimum absolute atomic E-state index is 0.0819. The number of fused-ring (bicyclic) bond motifs is 1. The highest BCUT2D eigenvalue weighted by molar-refractivity contribution is 7.16. The van der Waals surface area contributed by atoms with E-state index in [0.29, 0.717) is 35.4 Å². The van der Waals surface area contributed by atoms with Gasteiger partial charge in [-0.1, -0.05) is 18.2 Å². The van der Waals surface area contributed by atoms with Gasteiger partial charge < -0.3 is 5.32 Å². The molecule has 4 aromatic rings. The van der Waals surface area contributed by atoms with Gasteiger partial charge in [-0.2, -0.15) is 0 Å². The third-order valence-corrected chi connectivity index (χ3v) is 5.71. The van der Waals surface area contributed by atoms with E-state index in [4.69, 9.17) is 0 Å². The van der Waals surface area contributed by atoms with Gasteiger partial charge in [-0.15, -0.1) is 22.7 Å². The average Bonchev–Trinajstić information content (AvgIpc) is 3.35. The summed E-state index contributed by atoms with van der Waals surface area (Å²) in [5.41, 5.74) is 1.47. The molecule has 0 radical (unpaired) electrons. The smallest absolute Gasteiger partial charge is 0.261 e. The van der Waals surface area contributed by atoms with Crippen LogP contribution in [0.5, 0.6) is 0 Å². The van der Waals surface area contributed by atoms with Crippen LogP contribution in [0.15, 0.2) is 58.3 Å². The van der Waals surface area contributed by atoms with Crippen molar-refractivity contribution in [1.29, 1.82) is 0 Å². The zero-order chi connectivity index (χ0) is 18.6. The van der Waals surface area contributed by atoms with E-state index in [1.807, 2.05) is 41.1 Å². The van der Waals surface area contributed by atoms with Crippen LogP contribution in [-0.2, 0) is 11.3 Å². The van der Waals surface area contributed by atoms with E-state index in [1.165, 1.54) is 17.7 Å². The van der Waals surface area contributed by atoms with E-state index in [0.717, 1.165) is 10.6 Å². The summed E-state index contributed by atoms with van der Waals surface area (Å²) in [5, 5.41) is 7.94. The molecule has 27 heavy (non-hydrogen) atoms. The molecule has 136 valence electrons. The molecule has 0 fully saturated rings. The Bertz CT molecular complexity index is 1130. The number of anilines is 1. The maximum atomic E-state index is 12.4. The molecular formula is C19H16N4O2S2. The normalized spacial score (nSPS) is 11.0.